The minimum Gasteiger partial charge on any atom is -0.369 e. The summed E-state index contributed by atoms with van der Waals surface area (Å²) in [6.45, 7) is 0.724. The Labute approximate surface area is 91.1 Å². The highest BCUT2D eigenvalue weighted by atomic mass is 32.2. The smallest absolute Gasteiger partial charge is 0.160 e. The van der Waals surface area contributed by atoms with Gasteiger partial charge in [0.1, 0.15) is 5.82 Å². The molecule has 15 heavy (non-hydrogen) atoms. The van der Waals surface area contributed by atoms with E-state index in [1.807, 2.05) is 0 Å². The molecule has 1 atom stereocenters. The number of anilines is 2. The molecular formula is C8H15N5OS. The van der Waals surface area contributed by atoms with Crippen molar-refractivity contribution < 1.29 is 4.21 Å². The van der Waals surface area contributed by atoms with E-state index in [2.05, 4.69) is 20.7 Å². The molecule has 7 heteroatoms. The van der Waals surface area contributed by atoms with Crippen molar-refractivity contribution in [2.24, 2.45) is 5.84 Å². The molecule has 0 aliphatic rings. The van der Waals surface area contributed by atoms with Crippen LogP contribution in [0.2, 0.25) is 0 Å². The van der Waals surface area contributed by atoms with Gasteiger partial charge < -0.3 is 10.7 Å². The van der Waals surface area contributed by atoms with E-state index < -0.39 is 10.8 Å². The predicted octanol–water partition coefficient (Wildman–Crippen LogP) is -0.0573. The summed E-state index contributed by atoms with van der Waals surface area (Å²) in [6, 6.07) is 0. The van der Waals surface area contributed by atoms with Gasteiger partial charge in [-0.2, -0.15) is 0 Å². The average Bonchev–Trinajstić information content (AvgIpc) is 2.24. The first kappa shape index (κ1) is 11.9. The Bertz CT molecular complexity index is 333. The molecule has 0 aromatic carbocycles. The predicted molar refractivity (Wildman–Crippen MR) is 61.9 cm³/mol. The number of nitrogens with two attached hydrogens (primary N) is 1. The summed E-state index contributed by atoms with van der Waals surface area (Å²) >= 11 is 0. The summed E-state index contributed by atoms with van der Waals surface area (Å²) in [5.41, 5.74) is 2.41. The maximum absolute atomic E-state index is 10.8. The van der Waals surface area contributed by atoms with Gasteiger partial charge in [0.2, 0.25) is 0 Å². The van der Waals surface area contributed by atoms with Gasteiger partial charge >= 0.3 is 0 Å². The molecule has 6 nitrogen and oxygen atoms in total. The van der Waals surface area contributed by atoms with E-state index in [0.29, 0.717) is 17.4 Å². The van der Waals surface area contributed by atoms with Crippen LogP contribution in [-0.4, -0.2) is 32.7 Å². The summed E-state index contributed by atoms with van der Waals surface area (Å²) in [6.07, 6.45) is 5.68. The van der Waals surface area contributed by atoms with E-state index in [4.69, 9.17) is 5.84 Å². The van der Waals surface area contributed by atoms with Gasteiger partial charge in [-0.25, -0.2) is 10.8 Å². The van der Waals surface area contributed by atoms with Crippen LogP contribution in [0.3, 0.4) is 0 Å². The summed E-state index contributed by atoms with van der Waals surface area (Å²) < 4.78 is 10.8. The molecule has 1 heterocycles. The Morgan fingerprint density at radius 3 is 2.87 bits per heavy atom. The fraction of sp³-hybridized carbons (Fsp3) is 0.500. The first-order chi connectivity index (χ1) is 7.22. The van der Waals surface area contributed by atoms with E-state index in [0.717, 1.165) is 13.0 Å². The minimum atomic E-state index is -0.738. The van der Waals surface area contributed by atoms with Crippen LogP contribution >= 0.6 is 0 Å². The second-order valence-electron chi connectivity index (χ2n) is 2.99. The SMILES string of the molecule is CS(=O)CCCNc1cncc(NN)n1. The monoisotopic (exact) mass is 229 g/mol. The van der Waals surface area contributed by atoms with Crippen molar-refractivity contribution in [2.45, 2.75) is 6.42 Å². The molecule has 0 bridgehead atoms. The number of hydrazine groups is 1. The molecule has 84 valence electrons. The van der Waals surface area contributed by atoms with Gasteiger partial charge in [0.15, 0.2) is 5.82 Å². The summed E-state index contributed by atoms with van der Waals surface area (Å²) in [4.78, 5) is 8.06. The topological polar surface area (TPSA) is 92.9 Å². The van der Waals surface area contributed by atoms with Crippen molar-refractivity contribution in [3.8, 4) is 0 Å². The van der Waals surface area contributed by atoms with Crippen molar-refractivity contribution in [3.05, 3.63) is 12.4 Å². The fourth-order valence-corrected chi connectivity index (χ4v) is 1.56. The highest BCUT2D eigenvalue weighted by Gasteiger charge is 1.96. The van der Waals surface area contributed by atoms with Crippen molar-refractivity contribution in [3.63, 3.8) is 0 Å². The number of nitrogens with zero attached hydrogens (tertiary/aromatic N) is 2. The van der Waals surface area contributed by atoms with Gasteiger partial charge in [-0.15, -0.1) is 0 Å². The van der Waals surface area contributed by atoms with Gasteiger partial charge in [0, 0.05) is 29.4 Å². The first-order valence-electron chi connectivity index (χ1n) is 4.55. The number of nitrogen functional groups attached to an aromatic ring is 1. The van der Waals surface area contributed by atoms with E-state index in [9.17, 15) is 4.21 Å². The molecule has 0 radical (unpaired) electrons. The normalized spacial score (nSPS) is 12.1. The van der Waals surface area contributed by atoms with Crippen LogP contribution in [-0.2, 0) is 10.8 Å². The lowest BCUT2D eigenvalue weighted by molar-refractivity contribution is 0.685. The molecule has 0 saturated carbocycles. The van der Waals surface area contributed by atoms with Gasteiger partial charge in [-0.1, -0.05) is 0 Å². The quantitative estimate of drug-likeness (QED) is 0.359. The van der Waals surface area contributed by atoms with Crippen molar-refractivity contribution in [1.29, 1.82) is 0 Å². The molecule has 0 fully saturated rings. The van der Waals surface area contributed by atoms with Crippen molar-refractivity contribution in [2.75, 3.05) is 29.3 Å². The zero-order valence-corrected chi connectivity index (χ0v) is 9.38. The first-order valence-corrected chi connectivity index (χ1v) is 6.27. The van der Waals surface area contributed by atoms with Gasteiger partial charge in [0.25, 0.3) is 0 Å². The number of hydrogen-bond acceptors (Lipinski definition) is 6. The van der Waals surface area contributed by atoms with E-state index in [1.165, 1.54) is 6.20 Å². The van der Waals surface area contributed by atoms with E-state index in [-0.39, 0.29) is 0 Å². The van der Waals surface area contributed by atoms with Crippen LogP contribution in [0, 0.1) is 0 Å². The van der Waals surface area contributed by atoms with E-state index >= 15 is 0 Å². The maximum Gasteiger partial charge on any atom is 0.160 e. The minimum absolute atomic E-state index is 0.513. The van der Waals surface area contributed by atoms with Crippen LogP contribution in [0.4, 0.5) is 11.6 Å². The molecule has 1 unspecified atom stereocenters. The van der Waals surface area contributed by atoms with E-state index in [1.54, 1.807) is 12.5 Å². The van der Waals surface area contributed by atoms with Gasteiger partial charge in [-0.05, 0) is 6.42 Å². The molecule has 1 rings (SSSR count). The second-order valence-corrected chi connectivity index (χ2v) is 4.55. The highest BCUT2D eigenvalue weighted by Crippen LogP contribution is 2.04. The zero-order valence-electron chi connectivity index (χ0n) is 8.56. The number of rotatable bonds is 6. The average molecular weight is 229 g/mol. The Balaban J connectivity index is 2.33. The third-order valence-electron chi connectivity index (χ3n) is 1.70. The lowest BCUT2D eigenvalue weighted by atomic mass is 10.5. The molecule has 4 N–H and O–H groups in total. The standard InChI is InChI=1S/C8H15N5OS/c1-15(14)4-2-3-11-7-5-10-6-8(12-7)13-9/h5-6H,2-4,9H2,1H3,(H2,11,12,13). The van der Waals surface area contributed by atoms with Crippen LogP contribution in [0.15, 0.2) is 12.4 Å². The second kappa shape index (κ2) is 6.31. The molecule has 0 amide bonds. The van der Waals surface area contributed by atoms with Crippen LogP contribution in [0.5, 0.6) is 0 Å². The number of aromatic nitrogens is 2. The summed E-state index contributed by atoms with van der Waals surface area (Å²) in [5, 5.41) is 3.07. The fourth-order valence-electron chi connectivity index (χ4n) is 1.01. The van der Waals surface area contributed by atoms with Gasteiger partial charge in [0.05, 0.1) is 12.4 Å². The van der Waals surface area contributed by atoms with Crippen molar-refractivity contribution >= 4 is 22.4 Å². The van der Waals surface area contributed by atoms with Crippen LogP contribution in [0.1, 0.15) is 6.42 Å². The largest absolute Gasteiger partial charge is 0.369 e. The third-order valence-corrected chi connectivity index (χ3v) is 2.56. The van der Waals surface area contributed by atoms with Crippen LogP contribution < -0.4 is 16.6 Å². The molecule has 0 saturated heterocycles. The summed E-state index contributed by atoms with van der Waals surface area (Å²) in [7, 11) is -0.738. The lowest BCUT2D eigenvalue weighted by Crippen LogP contribution is -2.11. The van der Waals surface area contributed by atoms with Crippen molar-refractivity contribution in [1.82, 2.24) is 9.97 Å². The zero-order chi connectivity index (χ0) is 11.1. The Kier molecular flexibility index (Phi) is 4.99. The molecular weight excluding hydrogens is 214 g/mol. The molecule has 0 aliphatic carbocycles. The molecule has 1 aromatic heterocycles. The summed E-state index contributed by atoms with van der Waals surface area (Å²) in [5.74, 6) is 7.06. The molecule has 0 aliphatic heterocycles. The maximum atomic E-state index is 10.8. The number of nitrogens with one attached hydrogen (secondary N) is 2. The van der Waals surface area contributed by atoms with Gasteiger partial charge in [-0.3, -0.25) is 9.19 Å². The molecule has 0 spiro atoms. The lowest BCUT2D eigenvalue weighted by Gasteiger charge is -2.05. The molecule has 1 aromatic rings. The van der Waals surface area contributed by atoms with Crippen LogP contribution in [0.25, 0.3) is 0 Å². The Hall–Kier alpha value is -1.21. The number of hydrogen-bond donors (Lipinski definition) is 3. The third kappa shape index (κ3) is 4.71. The Morgan fingerprint density at radius 2 is 2.20 bits per heavy atom. The highest BCUT2D eigenvalue weighted by molar-refractivity contribution is 7.84. The Morgan fingerprint density at radius 1 is 1.47 bits per heavy atom.